The summed E-state index contributed by atoms with van der Waals surface area (Å²) in [4.78, 5) is 16.0. The molecule has 2 aliphatic heterocycles. The van der Waals surface area contributed by atoms with Crippen LogP contribution in [0.25, 0.3) is 10.9 Å². The highest BCUT2D eigenvalue weighted by Gasteiger charge is 2.49. The van der Waals surface area contributed by atoms with Crippen LogP contribution in [0.5, 0.6) is 0 Å². The first-order valence-electron chi connectivity index (χ1n) is 9.80. The summed E-state index contributed by atoms with van der Waals surface area (Å²) in [6.07, 6.45) is 4.04. The van der Waals surface area contributed by atoms with Crippen molar-refractivity contribution in [2.24, 2.45) is 11.8 Å². The highest BCUT2D eigenvalue weighted by atomic mass is 16.5. The van der Waals surface area contributed by atoms with Crippen molar-refractivity contribution in [1.82, 2.24) is 4.98 Å². The molecule has 144 valence electrons. The monoisotopic (exact) mass is 369 g/mol. The number of hydrogen-bond acceptors (Lipinski definition) is 3. The molecule has 5 heteroatoms. The number of methoxy groups -OCH3 is 1. The molecule has 4 atom stereocenters. The van der Waals surface area contributed by atoms with Gasteiger partial charge in [-0.1, -0.05) is 24.3 Å². The van der Waals surface area contributed by atoms with Crippen molar-refractivity contribution in [3.05, 3.63) is 47.2 Å². The average molecular weight is 369 g/mol. The summed E-state index contributed by atoms with van der Waals surface area (Å²) >= 11 is 0. The summed E-state index contributed by atoms with van der Waals surface area (Å²) in [7, 11) is 3.73. The summed E-state index contributed by atoms with van der Waals surface area (Å²) in [6, 6.07) is 8.80. The Bertz CT molecular complexity index is 900. The van der Waals surface area contributed by atoms with Gasteiger partial charge in [-0.15, -0.1) is 0 Å². The molecule has 0 saturated carbocycles. The number of benzene rings is 1. The predicted molar refractivity (Wildman–Crippen MR) is 105 cm³/mol. The van der Waals surface area contributed by atoms with Crippen LogP contribution in [-0.2, 0) is 16.0 Å². The number of quaternary nitrogens is 1. The lowest BCUT2D eigenvalue weighted by molar-refractivity contribution is -0.942. The number of carbonyl (C=O) groups excluding carboxylic acids is 1. The minimum absolute atomic E-state index is 0.0148. The molecule has 27 heavy (non-hydrogen) atoms. The van der Waals surface area contributed by atoms with Gasteiger partial charge in [-0.3, -0.25) is 4.79 Å². The van der Waals surface area contributed by atoms with Gasteiger partial charge >= 0.3 is 5.97 Å². The van der Waals surface area contributed by atoms with Gasteiger partial charge in [0.2, 0.25) is 0 Å². The van der Waals surface area contributed by atoms with Gasteiger partial charge in [-0.2, -0.15) is 0 Å². The van der Waals surface area contributed by atoms with Crippen molar-refractivity contribution in [3.63, 3.8) is 0 Å². The molecule has 3 heterocycles. The number of aromatic nitrogens is 1. The van der Waals surface area contributed by atoms with E-state index in [1.165, 1.54) is 34.8 Å². The molecule has 0 spiro atoms. The maximum atomic E-state index is 12.3. The highest BCUT2D eigenvalue weighted by molar-refractivity contribution is 5.85. The van der Waals surface area contributed by atoms with E-state index in [-0.39, 0.29) is 18.5 Å². The zero-order valence-electron chi connectivity index (χ0n) is 16.4. The Morgan fingerprint density at radius 1 is 1.44 bits per heavy atom. The molecule has 2 aliphatic rings. The zero-order valence-corrected chi connectivity index (χ0v) is 16.4. The van der Waals surface area contributed by atoms with E-state index >= 15 is 0 Å². The number of nitrogens with one attached hydrogen (secondary N) is 1. The largest absolute Gasteiger partial charge is 0.469 e. The van der Waals surface area contributed by atoms with Crippen LogP contribution in [0, 0.1) is 11.8 Å². The van der Waals surface area contributed by atoms with Crippen LogP contribution in [0.3, 0.4) is 0 Å². The fourth-order valence-corrected chi connectivity index (χ4v) is 5.34. The Hall–Kier alpha value is -2.11. The lowest BCUT2D eigenvalue weighted by Crippen LogP contribution is -2.57. The van der Waals surface area contributed by atoms with Crippen LogP contribution in [0.2, 0.25) is 0 Å². The highest BCUT2D eigenvalue weighted by Crippen LogP contribution is 2.48. The number of H-pyrrole nitrogens is 1. The van der Waals surface area contributed by atoms with Crippen molar-refractivity contribution < 1.29 is 19.1 Å². The Morgan fingerprint density at radius 2 is 2.22 bits per heavy atom. The fraction of sp³-hybridized carbons (Fsp3) is 0.500. The number of aromatic amines is 1. The number of aliphatic hydroxyl groups excluding tert-OH is 1. The van der Waals surface area contributed by atoms with E-state index in [0.717, 1.165) is 30.4 Å². The third-order valence-electron chi connectivity index (χ3n) is 6.86. The van der Waals surface area contributed by atoms with Gasteiger partial charge in [0.25, 0.3) is 0 Å². The van der Waals surface area contributed by atoms with Gasteiger partial charge in [0, 0.05) is 29.7 Å². The third kappa shape index (κ3) is 2.80. The van der Waals surface area contributed by atoms with Gasteiger partial charge in [0.1, 0.15) is 12.6 Å². The first-order chi connectivity index (χ1) is 13.0. The van der Waals surface area contributed by atoms with Crippen molar-refractivity contribution in [2.45, 2.75) is 25.8 Å². The summed E-state index contributed by atoms with van der Waals surface area (Å²) in [5.41, 5.74) is 5.19. The quantitative estimate of drug-likeness (QED) is 0.497. The van der Waals surface area contributed by atoms with E-state index < -0.39 is 5.92 Å². The molecule has 1 fully saturated rings. The molecule has 4 rings (SSSR count). The predicted octanol–water partition coefficient (Wildman–Crippen LogP) is 2.96. The number of likely N-dealkylation sites (N-methyl/N-ethyl adjacent to an activating group) is 1. The van der Waals surface area contributed by atoms with Gasteiger partial charge in [0.15, 0.2) is 0 Å². The maximum Gasteiger partial charge on any atom is 0.311 e. The summed E-state index contributed by atoms with van der Waals surface area (Å²) in [6.45, 7) is 3.86. The Labute approximate surface area is 160 Å². The average Bonchev–Trinajstić information content (AvgIpc) is 3.06. The molecule has 5 nitrogen and oxygen atoms in total. The molecular formula is C22H29N2O3+. The van der Waals surface area contributed by atoms with Crippen LogP contribution in [0.15, 0.2) is 35.9 Å². The number of esters is 1. The standard InChI is InChI=1S/C22H29N2O3/c1-4-14-12-24(2)10-9-16-15-7-5-6-8-19(15)23-21(16)20(24)11-17(14)18(13-25)22(26)27-3/h4-8,17-18,20,23,25H,9-13H2,1-3H3/q+1/b14-4-/t17-,18?,20-,24?/m0/s1. The number of nitrogens with zero attached hydrogens (tertiary/aromatic N) is 1. The van der Waals surface area contributed by atoms with E-state index in [9.17, 15) is 9.90 Å². The van der Waals surface area contributed by atoms with E-state index in [4.69, 9.17) is 4.74 Å². The topological polar surface area (TPSA) is 62.3 Å². The summed E-state index contributed by atoms with van der Waals surface area (Å²) < 4.78 is 5.94. The van der Waals surface area contributed by atoms with Crippen LogP contribution in [0.1, 0.15) is 30.6 Å². The lowest BCUT2D eigenvalue weighted by atomic mass is 9.74. The first kappa shape index (κ1) is 18.3. The number of piperidine rings is 1. The molecular weight excluding hydrogens is 340 g/mol. The van der Waals surface area contributed by atoms with Crippen molar-refractivity contribution in [3.8, 4) is 0 Å². The van der Waals surface area contributed by atoms with Gasteiger partial charge in [-0.25, -0.2) is 0 Å². The molecule has 1 aromatic carbocycles. The molecule has 2 aromatic rings. The van der Waals surface area contributed by atoms with Gasteiger partial charge < -0.3 is 19.3 Å². The molecule has 0 bridgehead atoms. The molecule has 0 amide bonds. The smallest absolute Gasteiger partial charge is 0.311 e. The summed E-state index contributed by atoms with van der Waals surface area (Å²) in [5, 5.41) is 11.2. The first-order valence-corrected chi connectivity index (χ1v) is 9.80. The molecule has 2 unspecified atom stereocenters. The number of hydrogen-bond donors (Lipinski definition) is 2. The second-order valence-corrected chi connectivity index (χ2v) is 8.21. The number of rotatable bonds is 3. The second-order valence-electron chi connectivity index (χ2n) is 8.21. The number of ether oxygens (including phenoxy) is 1. The fourth-order valence-electron chi connectivity index (χ4n) is 5.34. The van der Waals surface area contributed by atoms with E-state index in [1.807, 2.05) is 6.92 Å². The summed E-state index contributed by atoms with van der Waals surface area (Å²) in [5.74, 6) is -0.795. The van der Waals surface area contributed by atoms with Crippen molar-refractivity contribution in [1.29, 1.82) is 0 Å². The molecule has 2 N–H and O–H groups in total. The minimum Gasteiger partial charge on any atom is -0.469 e. The number of fused-ring (bicyclic) bond motifs is 5. The molecule has 1 aromatic heterocycles. The van der Waals surface area contributed by atoms with E-state index in [0.29, 0.717) is 6.04 Å². The van der Waals surface area contributed by atoms with Crippen LogP contribution < -0.4 is 0 Å². The number of carbonyl (C=O) groups is 1. The molecule has 0 radical (unpaired) electrons. The van der Waals surface area contributed by atoms with Gasteiger partial charge in [-0.05, 0) is 24.1 Å². The van der Waals surface area contributed by atoms with Crippen molar-refractivity contribution >= 4 is 16.9 Å². The minimum atomic E-state index is -0.496. The zero-order chi connectivity index (χ0) is 19.2. The Balaban J connectivity index is 1.78. The lowest BCUT2D eigenvalue weighted by Gasteiger charge is -2.51. The SMILES string of the molecule is C/C=C1/C[N+]2(C)CCc3c([nH]c4ccccc34)[C@@H]2C[C@@H]1C(CO)C(=O)OC. The number of para-hydroxylation sites is 1. The maximum absolute atomic E-state index is 12.3. The number of aliphatic hydroxyl groups is 1. The Kier molecular flexibility index (Phi) is 4.60. The van der Waals surface area contributed by atoms with Gasteiger partial charge in [0.05, 0.1) is 38.9 Å². The molecule has 0 aliphatic carbocycles. The van der Waals surface area contributed by atoms with Crippen LogP contribution in [0.4, 0.5) is 0 Å². The van der Waals surface area contributed by atoms with E-state index in [2.05, 4.69) is 42.4 Å². The second kappa shape index (κ2) is 6.80. The molecule has 1 saturated heterocycles. The third-order valence-corrected chi connectivity index (χ3v) is 6.86. The Morgan fingerprint density at radius 3 is 2.93 bits per heavy atom. The normalized spacial score (nSPS) is 30.0. The van der Waals surface area contributed by atoms with Crippen LogP contribution >= 0.6 is 0 Å². The van der Waals surface area contributed by atoms with Crippen molar-refractivity contribution in [2.75, 3.05) is 33.9 Å². The van der Waals surface area contributed by atoms with Crippen LogP contribution in [-0.4, -0.2) is 54.4 Å². The number of allylic oxidation sites excluding steroid dienone is 1. The van der Waals surface area contributed by atoms with E-state index in [1.54, 1.807) is 0 Å².